The fourth-order valence-corrected chi connectivity index (χ4v) is 2.71. The third kappa shape index (κ3) is 5.05. The van der Waals surface area contributed by atoms with E-state index in [1.54, 1.807) is 36.4 Å². The largest absolute Gasteiger partial charge is 0.493 e. The van der Waals surface area contributed by atoms with Crippen molar-refractivity contribution in [3.63, 3.8) is 0 Å². The number of rotatable bonds is 6. The summed E-state index contributed by atoms with van der Waals surface area (Å²) in [6.45, 7) is 0. The lowest BCUT2D eigenvalue weighted by atomic mass is 10.1. The Morgan fingerprint density at radius 1 is 0.920 bits per heavy atom. The van der Waals surface area contributed by atoms with Crippen molar-refractivity contribution in [3.8, 4) is 17.2 Å². The van der Waals surface area contributed by atoms with Gasteiger partial charge in [0.15, 0.2) is 11.5 Å². The number of hydrogen-bond acceptors (Lipinski definition) is 4. The monoisotopic (exact) mass is 381 g/mol. The number of amides is 1. The average molecular weight is 382 g/mol. The molecule has 0 saturated heterocycles. The molecule has 7 heteroatoms. The van der Waals surface area contributed by atoms with Crippen LogP contribution in [0.2, 0.25) is 10.0 Å². The van der Waals surface area contributed by atoms with Crippen molar-refractivity contribution < 1.29 is 19.0 Å². The minimum absolute atomic E-state index is 0.327. The first-order valence-electron chi connectivity index (χ1n) is 7.22. The number of benzene rings is 2. The number of carbonyl (C=O) groups is 1. The molecular formula is C18H17Cl2NO4. The number of nitrogens with one attached hydrogen (secondary N) is 1. The molecule has 2 aromatic carbocycles. The molecule has 1 N–H and O–H groups in total. The number of methoxy groups -OCH3 is 3. The lowest BCUT2D eigenvalue weighted by Crippen LogP contribution is -2.07. The lowest BCUT2D eigenvalue weighted by Gasteiger charge is -2.12. The fraction of sp³-hybridized carbons (Fsp3) is 0.167. The number of ether oxygens (including phenoxy) is 3. The Morgan fingerprint density at radius 2 is 1.48 bits per heavy atom. The smallest absolute Gasteiger partial charge is 0.248 e. The van der Waals surface area contributed by atoms with Crippen LogP contribution in [0.25, 0.3) is 6.08 Å². The fourth-order valence-electron chi connectivity index (χ4n) is 2.18. The number of carbonyl (C=O) groups excluding carboxylic acids is 1. The van der Waals surface area contributed by atoms with Gasteiger partial charge in [-0.25, -0.2) is 0 Å². The van der Waals surface area contributed by atoms with Crippen LogP contribution in [0.1, 0.15) is 5.56 Å². The SMILES string of the molecule is COc1cc(C=CC(=O)Nc2cc(Cl)cc(Cl)c2)cc(OC)c1OC. The molecule has 25 heavy (non-hydrogen) atoms. The van der Waals surface area contributed by atoms with Crippen molar-refractivity contribution >= 4 is 40.9 Å². The Hall–Kier alpha value is -2.37. The molecule has 0 aliphatic rings. The van der Waals surface area contributed by atoms with Gasteiger partial charge in [-0.05, 0) is 42.0 Å². The summed E-state index contributed by atoms with van der Waals surface area (Å²) in [6.07, 6.45) is 3.02. The predicted molar refractivity (Wildman–Crippen MR) is 100 cm³/mol. The van der Waals surface area contributed by atoms with Crippen LogP contribution in [0.5, 0.6) is 17.2 Å². The zero-order valence-corrected chi connectivity index (χ0v) is 15.4. The zero-order chi connectivity index (χ0) is 18.4. The van der Waals surface area contributed by atoms with Crippen LogP contribution < -0.4 is 19.5 Å². The molecule has 1 amide bonds. The average Bonchev–Trinajstić information content (AvgIpc) is 2.57. The Labute approximate surface area is 156 Å². The predicted octanol–water partition coefficient (Wildman–Crippen LogP) is 4.67. The standard InChI is InChI=1S/C18H17Cl2NO4/c1-23-15-6-11(7-16(24-2)18(15)25-3)4-5-17(22)21-14-9-12(19)8-13(20)10-14/h4-10H,1-3H3,(H,21,22). The molecule has 0 saturated carbocycles. The molecule has 0 atom stereocenters. The molecule has 0 spiro atoms. The topological polar surface area (TPSA) is 56.8 Å². The Kier molecular flexibility index (Phi) is 6.56. The van der Waals surface area contributed by atoms with Crippen LogP contribution in [0.15, 0.2) is 36.4 Å². The van der Waals surface area contributed by atoms with E-state index in [1.165, 1.54) is 27.4 Å². The van der Waals surface area contributed by atoms with E-state index in [4.69, 9.17) is 37.4 Å². The zero-order valence-electron chi connectivity index (χ0n) is 13.9. The quantitative estimate of drug-likeness (QED) is 0.738. The van der Waals surface area contributed by atoms with Gasteiger partial charge in [-0.3, -0.25) is 4.79 Å². The van der Waals surface area contributed by atoms with Gasteiger partial charge in [0.2, 0.25) is 11.7 Å². The van der Waals surface area contributed by atoms with Crippen molar-refractivity contribution in [3.05, 3.63) is 52.0 Å². The lowest BCUT2D eigenvalue weighted by molar-refractivity contribution is -0.111. The summed E-state index contributed by atoms with van der Waals surface area (Å²) in [7, 11) is 4.58. The Morgan fingerprint density at radius 3 is 1.96 bits per heavy atom. The Balaban J connectivity index is 2.19. The van der Waals surface area contributed by atoms with Crippen LogP contribution >= 0.6 is 23.2 Å². The van der Waals surface area contributed by atoms with E-state index in [0.29, 0.717) is 38.5 Å². The van der Waals surface area contributed by atoms with Crippen molar-refractivity contribution in [1.29, 1.82) is 0 Å². The second kappa shape index (κ2) is 8.65. The van der Waals surface area contributed by atoms with Crippen molar-refractivity contribution in [1.82, 2.24) is 0 Å². The van der Waals surface area contributed by atoms with Crippen molar-refractivity contribution in [2.24, 2.45) is 0 Å². The van der Waals surface area contributed by atoms with Gasteiger partial charge < -0.3 is 19.5 Å². The van der Waals surface area contributed by atoms with Crippen molar-refractivity contribution in [2.75, 3.05) is 26.6 Å². The van der Waals surface area contributed by atoms with Crippen LogP contribution in [0.3, 0.4) is 0 Å². The third-order valence-corrected chi connectivity index (χ3v) is 3.68. The van der Waals surface area contributed by atoms with E-state index in [1.807, 2.05) is 0 Å². The number of anilines is 1. The van der Waals surface area contributed by atoms with E-state index in [0.717, 1.165) is 0 Å². The number of halogens is 2. The molecule has 0 bridgehead atoms. The molecule has 0 heterocycles. The molecule has 2 rings (SSSR count). The third-order valence-electron chi connectivity index (χ3n) is 3.24. The summed E-state index contributed by atoms with van der Waals surface area (Å²) in [6, 6.07) is 8.28. The van der Waals surface area contributed by atoms with Gasteiger partial charge in [0.25, 0.3) is 0 Å². The number of hydrogen-bond donors (Lipinski definition) is 1. The molecule has 0 radical (unpaired) electrons. The maximum Gasteiger partial charge on any atom is 0.248 e. The molecule has 0 aliphatic heterocycles. The van der Waals surface area contributed by atoms with Crippen molar-refractivity contribution in [2.45, 2.75) is 0 Å². The minimum atomic E-state index is -0.327. The minimum Gasteiger partial charge on any atom is -0.493 e. The molecular weight excluding hydrogens is 365 g/mol. The van der Waals surface area contributed by atoms with Crippen LogP contribution in [0, 0.1) is 0 Å². The molecule has 0 aliphatic carbocycles. The molecule has 0 aromatic heterocycles. The second-order valence-corrected chi connectivity index (χ2v) is 5.81. The van der Waals surface area contributed by atoms with Crippen LogP contribution in [-0.4, -0.2) is 27.2 Å². The van der Waals surface area contributed by atoms with Gasteiger partial charge in [0, 0.05) is 21.8 Å². The highest BCUT2D eigenvalue weighted by molar-refractivity contribution is 6.35. The summed E-state index contributed by atoms with van der Waals surface area (Å²) in [5, 5.41) is 3.57. The van der Waals surface area contributed by atoms with Crippen LogP contribution in [0.4, 0.5) is 5.69 Å². The van der Waals surface area contributed by atoms with Gasteiger partial charge >= 0.3 is 0 Å². The molecule has 0 fully saturated rings. The highest BCUT2D eigenvalue weighted by Gasteiger charge is 2.12. The first kappa shape index (κ1) is 19.0. The van der Waals surface area contributed by atoms with E-state index in [-0.39, 0.29) is 5.91 Å². The Bertz CT molecular complexity index is 760. The summed E-state index contributed by atoms with van der Waals surface area (Å²) in [4.78, 5) is 12.1. The van der Waals surface area contributed by atoms with Gasteiger partial charge in [-0.1, -0.05) is 23.2 Å². The summed E-state index contributed by atoms with van der Waals surface area (Å²) in [5.74, 6) is 1.17. The van der Waals surface area contributed by atoms with E-state index < -0.39 is 0 Å². The maximum absolute atomic E-state index is 12.1. The molecule has 0 unspecified atom stereocenters. The second-order valence-electron chi connectivity index (χ2n) is 4.94. The molecule has 2 aromatic rings. The molecule has 132 valence electrons. The highest BCUT2D eigenvalue weighted by atomic mass is 35.5. The summed E-state index contributed by atoms with van der Waals surface area (Å²) in [5.41, 5.74) is 1.23. The molecule has 5 nitrogen and oxygen atoms in total. The van der Waals surface area contributed by atoms with E-state index in [2.05, 4.69) is 5.32 Å². The van der Waals surface area contributed by atoms with Gasteiger partial charge in [-0.15, -0.1) is 0 Å². The highest BCUT2D eigenvalue weighted by Crippen LogP contribution is 2.38. The maximum atomic E-state index is 12.1. The van der Waals surface area contributed by atoms with Gasteiger partial charge in [0.1, 0.15) is 0 Å². The van der Waals surface area contributed by atoms with Gasteiger partial charge in [-0.2, -0.15) is 0 Å². The first-order chi connectivity index (χ1) is 12.0. The van der Waals surface area contributed by atoms with Gasteiger partial charge in [0.05, 0.1) is 21.3 Å². The van der Waals surface area contributed by atoms with E-state index in [9.17, 15) is 4.79 Å². The summed E-state index contributed by atoms with van der Waals surface area (Å²) >= 11 is 11.8. The van der Waals surface area contributed by atoms with E-state index >= 15 is 0 Å². The summed E-state index contributed by atoms with van der Waals surface area (Å²) < 4.78 is 15.8. The normalized spacial score (nSPS) is 10.6. The van der Waals surface area contributed by atoms with Crippen LogP contribution in [-0.2, 0) is 4.79 Å². The first-order valence-corrected chi connectivity index (χ1v) is 7.97.